The molecule has 2 saturated heterocycles. The SMILES string of the molecule is O=C(O)c1ccc(CN2CCOCC2C2CCCO2)c(Br)c1. The summed E-state index contributed by atoms with van der Waals surface area (Å²) in [5.41, 5.74) is 1.39. The van der Waals surface area contributed by atoms with Crippen LogP contribution in [0.2, 0.25) is 0 Å². The predicted molar refractivity (Wildman–Crippen MR) is 85.1 cm³/mol. The number of hydrogen-bond donors (Lipinski definition) is 1. The minimum atomic E-state index is -0.907. The van der Waals surface area contributed by atoms with E-state index in [4.69, 9.17) is 14.6 Å². The molecule has 3 rings (SSSR count). The van der Waals surface area contributed by atoms with Crippen LogP contribution in [-0.2, 0) is 16.0 Å². The molecule has 2 atom stereocenters. The average Bonchev–Trinajstić information content (AvgIpc) is 3.04. The molecule has 2 aliphatic heterocycles. The fourth-order valence-corrected chi connectivity index (χ4v) is 3.63. The van der Waals surface area contributed by atoms with Crippen molar-refractivity contribution in [3.63, 3.8) is 0 Å². The van der Waals surface area contributed by atoms with E-state index in [-0.39, 0.29) is 12.1 Å². The van der Waals surface area contributed by atoms with Gasteiger partial charge in [0.25, 0.3) is 0 Å². The number of halogens is 1. The van der Waals surface area contributed by atoms with Gasteiger partial charge in [-0.25, -0.2) is 4.79 Å². The quantitative estimate of drug-likeness (QED) is 0.883. The van der Waals surface area contributed by atoms with Gasteiger partial charge in [-0.05, 0) is 30.5 Å². The topological polar surface area (TPSA) is 59.0 Å². The summed E-state index contributed by atoms with van der Waals surface area (Å²) in [4.78, 5) is 13.4. The molecular weight excluding hydrogens is 350 g/mol. The first-order valence-corrected chi connectivity index (χ1v) is 8.39. The van der Waals surface area contributed by atoms with Gasteiger partial charge in [-0.3, -0.25) is 4.90 Å². The highest BCUT2D eigenvalue weighted by atomic mass is 79.9. The molecule has 1 N–H and O–H groups in total. The Bertz CT molecular complexity index is 545. The van der Waals surface area contributed by atoms with Crippen LogP contribution in [-0.4, -0.2) is 54.5 Å². The minimum Gasteiger partial charge on any atom is -0.478 e. The fourth-order valence-electron chi connectivity index (χ4n) is 3.13. The lowest BCUT2D eigenvalue weighted by atomic mass is 10.0. The molecule has 0 saturated carbocycles. The molecule has 0 bridgehead atoms. The molecule has 5 nitrogen and oxygen atoms in total. The Morgan fingerprint density at radius 1 is 1.41 bits per heavy atom. The maximum absolute atomic E-state index is 11.0. The first-order chi connectivity index (χ1) is 10.6. The summed E-state index contributed by atoms with van der Waals surface area (Å²) in [6.07, 6.45) is 2.45. The molecule has 120 valence electrons. The first kappa shape index (κ1) is 15.9. The summed E-state index contributed by atoms with van der Waals surface area (Å²) in [6, 6.07) is 5.49. The monoisotopic (exact) mass is 369 g/mol. The molecule has 0 aliphatic carbocycles. The van der Waals surface area contributed by atoms with E-state index in [1.54, 1.807) is 12.1 Å². The summed E-state index contributed by atoms with van der Waals surface area (Å²) in [5.74, 6) is -0.907. The third-order valence-corrected chi connectivity index (χ3v) is 5.09. The minimum absolute atomic E-state index is 0.248. The molecule has 2 fully saturated rings. The zero-order valence-corrected chi connectivity index (χ0v) is 13.9. The molecule has 2 heterocycles. The van der Waals surface area contributed by atoms with Crippen molar-refractivity contribution < 1.29 is 19.4 Å². The summed E-state index contributed by atoms with van der Waals surface area (Å²) >= 11 is 3.49. The van der Waals surface area contributed by atoms with Crippen molar-refractivity contribution in [3.05, 3.63) is 33.8 Å². The number of ether oxygens (including phenoxy) is 2. The van der Waals surface area contributed by atoms with Crippen LogP contribution in [0.4, 0.5) is 0 Å². The van der Waals surface area contributed by atoms with Crippen molar-refractivity contribution in [3.8, 4) is 0 Å². The van der Waals surface area contributed by atoms with Crippen LogP contribution in [0, 0.1) is 0 Å². The molecule has 1 aromatic carbocycles. The second kappa shape index (κ2) is 7.08. The summed E-state index contributed by atoms with van der Waals surface area (Å²) < 4.78 is 12.3. The molecule has 2 aliphatic rings. The van der Waals surface area contributed by atoms with Gasteiger partial charge in [0.1, 0.15) is 0 Å². The number of rotatable bonds is 4. The van der Waals surface area contributed by atoms with Gasteiger partial charge < -0.3 is 14.6 Å². The Morgan fingerprint density at radius 3 is 2.95 bits per heavy atom. The lowest BCUT2D eigenvalue weighted by molar-refractivity contribution is -0.0685. The van der Waals surface area contributed by atoms with Crippen LogP contribution in [0.3, 0.4) is 0 Å². The highest BCUT2D eigenvalue weighted by molar-refractivity contribution is 9.10. The number of carbonyl (C=O) groups is 1. The Hall–Kier alpha value is -0.950. The maximum atomic E-state index is 11.0. The Labute approximate surface area is 138 Å². The van der Waals surface area contributed by atoms with E-state index in [0.29, 0.717) is 12.2 Å². The predicted octanol–water partition coefficient (Wildman–Crippen LogP) is 2.53. The van der Waals surface area contributed by atoms with Crippen molar-refractivity contribution in [1.82, 2.24) is 4.90 Å². The van der Waals surface area contributed by atoms with Crippen LogP contribution < -0.4 is 0 Å². The zero-order valence-electron chi connectivity index (χ0n) is 12.3. The van der Waals surface area contributed by atoms with Gasteiger partial charge in [0, 0.05) is 24.2 Å². The van der Waals surface area contributed by atoms with E-state index in [9.17, 15) is 4.79 Å². The van der Waals surface area contributed by atoms with Crippen molar-refractivity contribution in [1.29, 1.82) is 0 Å². The number of carboxylic acid groups (broad SMARTS) is 1. The molecule has 0 radical (unpaired) electrons. The van der Waals surface area contributed by atoms with Gasteiger partial charge >= 0.3 is 5.97 Å². The molecule has 6 heteroatoms. The van der Waals surface area contributed by atoms with Crippen LogP contribution in [0.15, 0.2) is 22.7 Å². The highest BCUT2D eigenvalue weighted by Crippen LogP contribution is 2.26. The van der Waals surface area contributed by atoms with Crippen LogP contribution in [0.1, 0.15) is 28.8 Å². The molecule has 1 aromatic rings. The normalized spacial score (nSPS) is 26.2. The van der Waals surface area contributed by atoms with Gasteiger partial charge in [0.2, 0.25) is 0 Å². The Morgan fingerprint density at radius 2 is 2.27 bits per heavy atom. The lowest BCUT2D eigenvalue weighted by Crippen LogP contribution is -2.51. The summed E-state index contributed by atoms with van der Waals surface area (Å²) in [6.45, 7) is 3.92. The third kappa shape index (κ3) is 3.51. The van der Waals surface area contributed by atoms with E-state index >= 15 is 0 Å². The zero-order chi connectivity index (χ0) is 15.5. The van der Waals surface area contributed by atoms with E-state index in [0.717, 1.165) is 49.2 Å². The van der Waals surface area contributed by atoms with Crippen LogP contribution >= 0.6 is 15.9 Å². The van der Waals surface area contributed by atoms with Crippen LogP contribution in [0.5, 0.6) is 0 Å². The van der Waals surface area contributed by atoms with E-state index < -0.39 is 5.97 Å². The summed E-state index contributed by atoms with van der Waals surface area (Å²) in [5, 5.41) is 9.04. The van der Waals surface area contributed by atoms with Gasteiger partial charge in [-0.15, -0.1) is 0 Å². The van der Waals surface area contributed by atoms with Crippen molar-refractivity contribution in [2.45, 2.75) is 31.5 Å². The van der Waals surface area contributed by atoms with E-state index in [1.165, 1.54) is 0 Å². The second-order valence-corrected chi connectivity index (χ2v) is 6.63. The van der Waals surface area contributed by atoms with E-state index in [1.807, 2.05) is 6.07 Å². The smallest absolute Gasteiger partial charge is 0.335 e. The number of carboxylic acids is 1. The van der Waals surface area contributed by atoms with Gasteiger partial charge in [0.05, 0.1) is 30.9 Å². The van der Waals surface area contributed by atoms with Gasteiger partial charge in [0.15, 0.2) is 0 Å². The Kier molecular flexibility index (Phi) is 5.13. The number of nitrogens with zero attached hydrogens (tertiary/aromatic N) is 1. The summed E-state index contributed by atoms with van der Waals surface area (Å²) in [7, 11) is 0. The standard InChI is InChI=1S/C16H20BrNO4/c17-13-8-11(16(19)20)3-4-12(13)9-18-5-7-21-10-14(18)15-2-1-6-22-15/h3-4,8,14-15H,1-2,5-7,9-10H2,(H,19,20). The molecule has 0 spiro atoms. The highest BCUT2D eigenvalue weighted by Gasteiger charge is 2.33. The van der Waals surface area contributed by atoms with Crippen molar-refractivity contribution >= 4 is 21.9 Å². The largest absolute Gasteiger partial charge is 0.478 e. The first-order valence-electron chi connectivity index (χ1n) is 7.60. The van der Waals surface area contributed by atoms with Gasteiger partial charge in [-0.1, -0.05) is 22.0 Å². The number of benzene rings is 1. The number of hydrogen-bond acceptors (Lipinski definition) is 4. The Balaban J connectivity index is 1.73. The van der Waals surface area contributed by atoms with Crippen LogP contribution in [0.25, 0.3) is 0 Å². The molecule has 0 amide bonds. The fraction of sp³-hybridized carbons (Fsp3) is 0.562. The maximum Gasteiger partial charge on any atom is 0.335 e. The molecule has 2 unspecified atom stereocenters. The molecule has 22 heavy (non-hydrogen) atoms. The van der Waals surface area contributed by atoms with Gasteiger partial charge in [-0.2, -0.15) is 0 Å². The second-order valence-electron chi connectivity index (χ2n) is 5.78. The van der Waals surface area contributed by atoms with Crippen molar-refractivity contribution in [2.75, 3.05) is 26.4 Å². The van der Waals surface area contributed by atoms with Crippen molar-refractivity contribution in [2.24, 2.45) is 0 Å². The average molecular weight is 370 g/mol. The third-order valence-electron chi connectivity index (χ3n) is 4.35. The molecule has 0 aromatic heterocycles. The molecular formula is C16H20BrNO4. The van der Waals surface area contributed by atoms with E-state index in [2.05, 4.69) is 20.8 Å². The number of morpholine rings is 1. The lowest BCUT2D eigenvalue weighted by Gasteiger charge is -2.38. The number of aromatic carboxylic acids is 1.